The molecule has 0 rings (SSSR count). The third kappa shape index (κ3) is 6.46. The number of hydrogen-bond acceptors (Lipinski definition) is 2. The van der Waals surface area contributed by atoms with Crippen LogP contribution in [0.1, 0.15) is 39.0 Å². The van der Waals surface area contributed by atoms with Crippen molar-refractivity contribution in [1.82, 2.24) is 0 Å². The summed E-state index contributed by atoms with van der Waals surface area (Å²) in [6.07, 6.45) is 6.97. The lowest BCUT2D eigenvalue weighted by Gasteiger charge is -2.04. The first-order valence-corrected chi connectivity index (χ1v) is 5.18. The number of rotatable bonds is 8. The summed E-state index contributed by atoms with van der Waals surface area (Å²) in [6, 6.07) is 0. The van der Waals surface area contributed by atoms with Crippen molar-refractivity contribution in [1.29, 1.82) is 0 Å². The molecule has 0 aromatic rings. The van der Waals surface area contributed by atoms with E-state index in [4.69, 9.17) is 4.74 Å². The fraction of sp³-hybridized carbons (Fsp3) is 0.583. The number of carbonyl (C=O) groups is 1. The lowest BCUT2D eigenvalue weighted by molar-refractivity contribution is -0.138. The molecule has 0 aromatic carbocycles. The van der Waals surface area contributed by atoms with Gasteiger partial charge in [-0.25, -0.2) is 4.79 Å². The summed E-state index contributed by atoms with van der Waals surface area (Å²) in [5.41, 5.74) is 0.588. The second-order valence-corrected chi connectivity index (χ2v) is 3.21. The molecule has 0 N–H and O–H groups in total. The Bertz CT molecular complexity index is 194. The maximum Gasteiger partial charge on any atom is 0.333 e. The highest BCUT2D eigenvalue weighted by atomic mass is 16.5. The largest absolute Gasteiger partial charge is 0.463 e. The van der Waals surface area contributed by atoms with E-state index in [1.165, 1.54) is 0 Å². The Labute approximate surface area is 86.6 Å². The van der Waals surface area contributed by atoms with E-state index in [-0.39, 0.29) is 5.97 Å². The molecule has 0 saturated heterocycles. The molecule has 0 unspecified atom stereocenters. The van der Waals surface area contributed by atoms with E-state index in [2.05, 4.69) is 13.2 Å². The van der Waals surface area contributed by atoms with E-state index in [0.717, 1.165) is 32.1 Å². The van der Waals surface area contributed by atoms with Crippen LogP contribution in [0, 0.1) is 0 Å². The fourth-order valence-electron chi connectivity index (χ4n) is 1.14. The molecule has 0 aliphatic carbocycles. The monoisotopic (exact) mass is 196 g/mol. The second kappa shape index (κ2) is 8.54. The molecule has 0 aromatic heterocycles. The van der Waals surface area contributed by atoms with E-state index in [0.29, 0.717) is 12.2 Å². The minimum atomic E-state index is -0.253. The zero-order valence-electron chi connectivity index (χ0n) is 9.05. The summed E-state index contributed by atoms with van der Waals surface area (Å²) in [7, 11) is 0. The number of hydrogen-bond donors (Lipinski definition) is 0. The van der Waals surface area contributed by atoms with Crippen molar-refractivity contribution < 1.29 is 9.53 Å². The average molecular weight is 196 g/mol. The molecule has 0 radical (unpaired) electrons. The molecule has 0 heterocycles. The molecule has 0 amide bonds. The van der Waals surface area contributed by atoms with Gasteiger partial charge in [0, 0.05) is 5.57 Å². The molecule has 0 aliphatic rings. The van der Waals surface area contributed by atoms with Crippen molar-refractivity contribution in [2.24, 2.45) is 0 Å². The lowest BCUT2D eigenvalue weighted by atomic mass is 10.1. The Morgan fingerprint density at radius 1 is 1.36 bits per heavy atom. The number of esters is 1. The summed E-state index contributed by atoms with van der Waals surface area (Å²) in [5, 5.41) is 0. The van der Waals surface area contributed by atoms with Crippen LogP contribution in [0.15, 0.2) is 24.8 Å². The van der Waals surface area contributed by atoms with Gasteiger partial charge in [-0.1, -0.05) is 19.1 Å². The summed E-state index contributed by atoms with van der Waals surface area (Å²) < 4.78 is 4.83. The predicted octanol–water partition coefficient (Wildman–Crippen LogP) is 3.24. The highest BCUT2D eigenvalue weighted by Gasteiger charge is 2.06. The normalized spacial score (nSPS) is 9.50. The zero-order valence-corrected chi connectivity index (χ0v) is 9.05. The Balaban J connectivity index is 3.43. The van der Waals surface area contributed by atoms with Crippen molar-refractivity contribution in [3.05, 3.63) is 24.8 Å². The van der Waals surface area contributed by atoms with Gasteiger partial charge < -0.3 is 4.74 Å². The standard InChI is InChI=1S/C12H20O2/c1-4-6-7-8-9-10-11(3)12(13)14-5-2/h4H,1,3,5-10H2,2H3. The summed E-state index contributed by atoms with van der Waals surface area (Å²) in [6.45, 7) is 9.58. The van der Waals surface area contributed by atoms with E-state index in [1.807, 2.05) is 6.08 Å². The molecule has 80 valence electrons. The van der Waals surface area contributed by atoms with Crippen LogP contribution >= 0.6 is 0 Å². The van der Waals surface area contributed by atoms with Gasteiger partial charge in [-0.3, -0.25) is 0 Å². The molecular weight excluding hydrogens is 176 g/mol. The molecule has 14 heavy (non-hydrogen) atoms. The van der Waals surface area contributed by atoms with Crippen LogP contribution in [-0.4, -0.2) is 12.6 Å². The van der Waals surface area contributed by atoms with Crippen LogP contribution < -0.4 is 0 Å². The SMILES string of the molecule is C=CCCCCCC(=C)C(=O)OCC. The van der Waals surface area contributed by atoms with Gasteiger partial charge in [0.25, 0.3) is 0 Å². The van der Waals surface area contributed by atoms with Gasteiger partial charge in [-0.2, -0.15) is 0 Å². The summed E-state index contributed by atoms with van der Waals surface area (Å²) in [4.78, 5) is 11.1. The zero-order chi connectivity index (χ0) is 10.8. The Morgan fingerprint density at radius 3 is 2.64 bits per heavy atom. The van der Waals surface area contributed by atoms with Crippen molar-refractivity contribution in [2.45, 2.75) is 39.0 Å². The second-order valence-electron chi connectivity index (χ2n) is 3.21. The van der Waals surface area contributed by atoms with Crippen molar-refractivity contribution in [3.8, 4) is 0 Å². The minimum Gasteiger partial charge on any atom is -0.463 e. The molecular formula is C12H20O2. The molecule has 0 spiro atoms. The minimum absolute atomic E-state index is 0.253. The van der Waals surface area contributed by atoms with Crippen LogP contribution in [0.2, 0.25) is 0 Å². The molecule has 0 fully saturated rings. The average Bonchev–Trinajstić information content (AvgIpc) is 2.17. The fourth-order valence-corrected chi connectivity index (χ4v) is 1.14. The van der Waals surface area contributed by atoms with Crippen molar-refractivity contribution in [2.75, 3.05) is 6.61 Å². The van der Waals surface area contributed by atoms with E-state index in [1.54, 1.807) is 6.92 Å². The lowest BCUT2D eigenvalue weighted by Crippen LogP contribution is -2.06. The molecule has 0 aliphatic heterocycles. The van der Waals surface area contributed by atoms with Gasteiger partial charge in [0.1, 0.15) is 0 Å². The predicted molar refractivity (Wildman–Crippen MR) is 59.1 cm³/mol. The molecule has 2 heteroatoms. The molecule has 0 saturated carbocycles. The van der Waals surface area contributed by atoms with Gasteiger partial charge in [0.15, 0.2) is 0 Å². The van der Waals surface area contributed by atoms with E-state index in [9.17, 15) is 4.79 Å². The number of unbranched alkanes of at least 4 members (excludes halogenated alkanes) is 3. The first kappa shape index (κ1) is 12.9. The quantitative estimate of drug-likeness (QED) is 0.258. The topological polar surface area (TPSA) is 26.3 Å². The first-order chi connectivity index (χ1) is 6.72. The van der Waals surface area contributed by atoms with Crippen LogP contribution in [0.5, 0.6) is 0 Å². The highest BCUT2D eigenvalue weighted by molar-refractivity contribution is 5.87. The van der Waals surface area contributed by atoms with Crippen LogP contribution in [0.4, 0.5) is 0 Å². The molecule has 2 nitrogen and oxygen atoms in total. The first-order valence-electron chi connectivity index (χ1n) is 5.18. The smallest absolute Gasteiger partial charge is 0.333 e. The summed E-state index contributed by atoms with van der Waals surface area (Å²) >= 11 is 0. The number of carbonyl (C=O) groups excluding carboxylic acids is 1. The van der Waals surface area contributed by atoms with E-state index >= 15 is 0 Å². The van der Waals surface area contributed by atoms with Crippen LogP contribution in [-0.2, 0) is 9.53 Å². The van der Waals surface area contributed by atoms with Gasteiger partial charge in [0.2, 0.25) is 0 Å². The van der Waals surface area contributed by atoms with Gasteiger partial charge >= 0.3 is 5.97 Å². The van der Waals surface area contributed by atoms with Crippen LogP contribution in [0.3, 0.4) is 0 Å². The highest BCUT2D eigenvalue weighted by Crippen LogP contribution is 2.10. The third-order valence-electron chi connectivity index (χ3n) is 1.95. The van der Waals surface area contributed by atoms with Crippen molar-refractivity contribution in [3.63, 3.8) is 0 Å². The Hall–Kier alpha value is -1.05. The maximum atomic E-state index is 11.1. The molecule has 0 bridgehead atoms. The maximum absolute atomic E-state index is 11.1. The van der Waals surface area contributed by atoms with Gasteiger partial charge in [0.05, 0.1) is 6.61 Å². The van der Waals surface area contributed by atoms with Gasteiger partial charge in [-0.05, 0) is 32.6 Å². The van der Waals surface area contributed by atoms with Gasteiger partial charge in [-0.15, -0.1) is 6.58 Å². The van der Waals surface area contributed by atoms with Crippen molar-refractivity contribution >= 4 is 5.97 Å². The Morgan fingerprint density at radius 2 is 2.07 bits per heavy atom. The molecule has 0 atom stereocenters. The number of ether oxygens (including phenoxy) is 1. The van der Waals surface area contributed by atoms with Crippen LogP contribution in [0.25, 0.3) is 0 Å². The number of allylic oxidation sites excluding steroid dienone is 1. The van der Waals surface area contributed by atoms with E-state index < -0.39 is 0 Å². The third-order valence-corrected chi connectivity index (χ3v) is 1.95. The Kier molecular flexibility index (Phi) is 7.90. The summed E-state index contributed by atoms with van der Waals surface area (Å²) in [5.74, 6) is -0.253.